The van der Waals surface area contributed by atoms with Gasteiger partial charge < -0.3 is 9.47 Å². The van der Waals surface area contributed by atoms with Gasteiger partial charge in [0.2, 0.25) is 0 Å². The molecule has 3 nitrogen and oxygen atoms in total. The van der Waals surface area contributed by atoms with Crippen molar-refractivity contribution in [2.45, 2.75) is 30.9 Å². The molecule has 23 heavy (non-hydrogen) atoms. The molecule has 1 atom stereocenters. The van der Waals surface area contributed by atoms with E-state index in [2.05, 4.69) is 0 Å². The molecule has 0 saturated carbocycles. The molecule has 0 amide bonds. The van der Waals surface area contributed by atoms with E-state index >= 15 is 0 Å². The first-order valence-electron chi connectivity index (χ1n) is 7.23. The third-order valence-electron chi connectivity index (χ3n) is 3.56. The fourth-order valence-electron chi connectivity index (χ4n) is 2.10. The lowest BCUT2D eigenvalue weighted by atomic mass is 10.1. The number of alkyl halides is 2. The number of esters is 1. The highest BCUT2D eigenvalue weighted by Crippen LogP contribution is 2.38. The molecule has 0 bridgehead atoms. The molecule has 0 saturated heterocycles. The van der Waals surface area contributed by atoms with Gasteiger partial charge in [-0.05, 0) is 36.1 Å². The number of hydrogen-bond acceptors (Lipinski definition) is 4. The summed E-state index contributed by atoms with van der Waals surface area (Å²) in [6.45, 7) is 3.70. The van der Waals surface area contributed by atoms with Gasteiger partial charge in [0.1, 0.15) is 0 Å². The van der Waals surface area contributed by atoms with Crippen molar-refractivity contribution in [3.05, 3.63) is 30.3 Å². The lowest BCUT2D eigenvalue weighted by Gasteiger charge is -2.14. The maximum Gasteiger partial charge on any atom is 0.314 e. The summed E-state index contributed by atoms with van der Waals surface area (Å²) >= 11 is 0.489. The molecule has 2 aromatic rings. The molecule has 0 fully saturated rings. The predicted molar refractivity (Wildman–Crippen MR) is 87.5 cm³/mol. The first-order chi connectivity index (χ1) is 11.0. The molecule has 124 valence electrons. The zero-order valence-corrected chi connectivity index (χ0v) is 14.0. The summed E-state index contributed by atoms with van der Waals surface area (Å²) in [6, 6.07) is 8.31. The summed E-state index contributed by atoms with van der Waals surface area (Å²) in [7, 11) is 1.48. The van der Waals surface area contributed by atoms with E-state index in [0.29, 0.717) is 40.0 Å². The van der Waals surface area contributed by atoms with Crippen LogP contribution < -0.4 is 9.47 Å². The molecule has 0 N–H and O–H groups in total. The molecule has 0 radical (unpaired) electrons. The van der Waals surface area contributed by atoms with Crippen LogP contribution in [-0.4, -0.2) is 18.8 Å². The molecule has 2 rings (SSSR count). The molecule has 0 spiro atoms. The third kappa shape index (κ3) is 4.13. The monoisotopic (exact) mass is 340 g/mol. The molecule has 2 aromatic carbocycles. The first-order valence-corrected chi connectivity index (χ1v) is 8.11. The lowest BCUT2D eigenvalue weighted by molar-refractivity contribution is -0.138. The molecule has 0 aromatic heterocycles. The maximum atomic E-state index is 12.5. The van der Waals surface area contributed by atoms with Crippen molar-refractivity contribution in [3.8, 4) is 11.5 Å². The third-order valence-corrected chi connectivity index (χ3v) is 4.26. The number of fused-ring (bicyclic) bond motifs is 1. The Kier molecular flexibility index (Phi) is 5.82. The van der Waals surface area contributed by atoms with Crippen molar-refractivity contribution in [1.29, 1.82) is 0 Å². The number of carbonyl (C=O) groups is 1. The van der Waals surface area contributed by atoms with Crippen LogP contribution in [0.15, 0.2) is 35.2 Å². The van der Waals surface area contributed by atoms with Crippen molar-refractivity contribution in [2.24, 2.45) is 5.92 Å². The Morgan fingerprint density at radius 3 is 2.61 bits per heavy atom. The van der Waals surface area contributed by atoms with Crippen LogP contribution in [0.1, 0.15) is 20.3 Å². The summed E-state index contributed by atoms with van der Waals surface area (Å²) < 4.78 is 35.7. The lowest BCUT2D eigenvalue weighted by Crippen LogP contribution is -2.17. The summed E-state index contributed by atoms with van der Waals surface area (Å²) in [5, 5.41) is 1.46. The van der Waals surface area contributed by atoms with Gasteiger partial charge in [-0.15, -0.1) is 0 Å². The van der Waals surface area contributed by atoms with E-state index in [9.17, 15) is 13.6 Å². The molecular weight excluding hydrogens is 322 g/mol. The molecule has 0 aliphatic rings. The number of ether oxygens (including phenoxy) is 2. The molecule has 0 heterocycles. The van der Waals surface area contributed by atoms with Gasteiger partial charge in [0.05, 0.1) is 13.0 Å². The van der Waals surface area contributed by atoms with Crippen LogP contribution in [0.2, 0.25) is 0 Å². The van der Waals surface area contributed by atoms with Crippen LogP contribution in [0.5, 0.6) is 11.5 Å². The Morgan fingerprint density at radius 2 is 2.00 bits per heavy atom. The average Bonchev–Trinajstić information content (AvgIpc) is 2.53. The Hall–Kier alpha value is -1.82. The van der Waals surface area contributed by atoms with Crippen molar-refractivity contribution < 1.29 is 23.0 Å². The van der Waals surface area contributed by atoms with E-state index in [0.717, 1.165) is 5.39 Å². The minimum Gasteiger partial charge on any atom is -0.492 e. The van der Waals surface area contributed by atoms with Crippen LogP contribution in [0, 0.1) is 5.92 Å². The topological polar surface area (TPSA) is 35.5 Å². The van der Waals surface area contributed by atoms with Crippen LogP contribution in [0.25, 0.3) is 10.8 Å². The standard InChI is InChI=1S/C17H18F2O3S/c1-4-10(2)16(20)22-14-8-5-11-9-12(23-17(18)19)6-7-13(11)15(14)21-3/h5-10,17H,4H2,1-3H3. The van der Waals surface area contributed by atoms with E-state index in [-0.39, 0.29) is 11.9 Å². The van der Waals surface area contributed by atoms with Gasteiger partial charge in [0.15, 0.2) is 11.5 Å². The summed E-state index contributed by atoms with van der Waals surface area (Å²) in [5.41, 5.74) is 0. The predicted octanol–water partition coefficient (Wildman–Crippen LogP) is 5.11. The van der Waals surface area contributed by atoms with Crippen molar-refractivity contribution in [2.75, 3.05) is 7.11 Å². The van der Waals surface area contributed by atoms with E-state index < -0.39 is 5.76 Å². The largest absolute Gasteiger partial charge is 0.492 e. The van der Waals surface area contributed by atoms with E-state index in [1.165, 1.54) is 7.11 Å². The fourth-order valence-corrected chi connectivity index (χ4v) is 2.65. The van der Waals surface area contributed by atoms with Gasteiger partial charge in [-0.1, -0.05) is 31.7 Å². The summed E-state index contributed by atoms with van der Waals surface area (Å²) in [5.74, 6) is -2.24. The number of hydrogen-bond donors (Lipinski definition) is 0. The van der Waals surface area contributed by atoms with Gasteiger partial charge in [-0.3, -0.25) is 4.79 Å². The minimum absolute atomic E-state index is 0.208. The molecule has 0 aliphatic heterocycles. The summed E-state index contributed by atoms with van der Waals surface area (Å²) in [4.78, 5) is 12.4. The van der Waals surface area contributed by atoms with Crippen molar-refractivity contribution in [3.63, 3.8) is 0 Å². The van der Waals surface area contributed by atoms with Gasteiger partial charge in [0, 0.05) is 10.3 Å². The Morgan fingerprint density at radius 1 is 1.26 bits per heavy atom. The van der Waals surface area contributed by atoms with Gasteiger partial charge in [0.25, 0.3) is 5.76 Å². The molecule has 0 aliphatic carbocycles. The smallest absolute Gasteiger partial charge is 0.314 e. The number of carbonyl (C=O) groups excluding carboxylic acids is 1. The van der Waals surface area contributed by atoms with Crippen LogP contribution in [0.3, 0.4) is 0 Å². The quantitative estimate of drug-likeness (QED) is 0.416. The van der Waals surface area contributed by atoms with Crippen LogP contribution in [-0.2, 0) is 4.79 Å². The van der Waals surface area contributed by atoms with Gasteiger partial charge in [-0.25, -0.2) is 0 Å². The number of rotatable bonds is 6. The average molecular weight is 340 g/mol. The van der Waals surface area contributed by atoms with Crippen molar-refractivity contribution in [1.82, 2.24) is 0 Å². The van der Waals surface area contributed by atoms with Crippen molar-refractivity contribution >= 4 is 28.5 Å². The fraction of sp³-hybridized carbons (Fsp3) is 0.353. The summed E-state index contributed by atoms with van der Waals surface area (Å²) in [6.07, 6.45) is 0.683. The zero-order chi connectivity index (χ0) is 17.0. The molecular formula is C17H18F2O3S. The zero-order valence-electron chi connectivity index (χ0n) is 13.1. The SMILES string of the molecule is CCC(C)C(=O)Oc1ccc2cc(SC(F)F)ccc2c1OC. The van der Waals surface area contributed by atoms with E-state index in [1.807, 2.05) is 6.92 Å². The first kappa shape index (κ1) is 17.5. The number of benzene rings is 2. The van der Waals surface area contributed by atoms with E-state index in [1.54, 1.807) is 37.3 Å². The maximum absolute atomic E-state index is 12.5. The van der Waals surface area contributed by atoms with Gasteiger partial charge in [-0.2, -0.15) is 8.78 Å². The number of halogens is 2. The highest BCUT2D eigenvalue weighted by molar-refractivity contribution is 7.99. The second-order valence-electron chi connectivity index (χ2n) is 5.09. The Labute approximate surface area is 138 Å². The van der Waals surface area contributed by atoms with Gasteiger partial charge >= 0.3 is 5.97 Å². The van der Waals surface area contributed by atoms with Crippen LogP contribution >= 0.6 is 11.8 Å². The minimum atomic E-state index is -2.47. The molecule has 6 heteroatoms. The second kappa shape index (κ2) is 7.64. The molecule has 1 unspecified atom stereocenters. The highest BCUT2D eigenvalue weighted by Gasteiger charge is 2.18. The highest BCUT2D eigenvalue weighted by atomic mass is 32.2. The number of methoxy groups -OCH3 is 1. The second-order valence-corrected chi connectivity index (χ2v) is 6.15. The normalized spacial score (nSPS) is 12.4. The number of thioether (sulfide) groups is 1. The van der Waals surface area contributed by atoms with Crippen LogP contribution in [0.4, 0.5) is 8.78 Å². The Balaban J connectivity index is 2.39. The van der Waals surface area contributed by atoms with E-state index in [4.69, 9.17) is 9.47 Å². The Bertz CT molecular complexity index is 704.